The van der Waals surface area contributed by atoms with Crippen LogP contribution in [0.15, 0.2) is 36.5 Å². The van der Waals surface area contributed by atoms with Crippen molar-refractivity contribution in [2.24, 2.45) is 0 Å². The van der Waals surface area contributed by atoms with Gasteiger partial charge >= 0.3 is 0 Å². The van der Waals surface area contributed by atoms with E-state index in [0.717, 1.165) is 34.0 Å². The molecule has 1 unspecified atom stereocenters. The molecule has 0 saturated carbocycles. The molecule has 0 aliphatic carbocycles. The van der Waals surface area contributed by atoms with E-state index in [1.807, 2.05) is 44.4 Å². The highest BCUT2D eigenvalue weighted by molar-refractivity contribution is 6.32. The van der Waals surface area contributed by atoms with Crippen molar-refractivity contribution in [1.82, 2.24) is 15.0 Å². The number of fused-ring (bicyclic) bond motifs is 2. The van der Waals surface area contributed by atoms with Crippen molar-refractivity contribution in [3.63, 3.8) is 0 Å². The molecule has 6 heteroatoms. The third-order valence-electron chi connectivity index (χ3n) is 3.31. The number of aromatic nitrogens is 3. The number of nitrogens with zero attached hydrogens (tertiary/aromatic N) is 2. The minimum Gasteiger partial charge on any atom is -0.485 e. The van der Waals surface area contributed by atoms with Crippen molar-refractivity contribution in [1.29, 1.82) is 0 Å². The zero-order valence-electron chi connectivity index (χ0n) is 11.0. The molecule has 1 aliphatic heterocycles. The molecule has 0 radical (unpaired) electrons. The Labute approximate surface area is 116 Å². The molecule has 5 nitrogen and oxygen atoms in total. The Hall–Kier alpha value is -2.50. The van der Waals surface area contributed by atoms with E-state index in [9.17, 15) is 0 Å². The molecule has 0 fully saturated rings. The SMILES string of the molecule is Bc1cnc2[nH]c(C3COc4ccccc4O3)nc2c1. The lowest BCUT2D eigenvalue weighted by Crippen LogP contribution is -2.22. The van der Waals surface area contributed by atoms with E-state index in [0.29, 0.717) is 6.61 Å². The second-order valence-electron chi connectivity index (χ2n) is 4.87. The smallest absolute Gasteiger partial charge is 0.190 e. The van der Waals surface area contributed by atoms with Crippen molar-refractivity contribution in [2.45, 2.75) is 6.10 Å². The molecule has 3 aromatic rings. The Balaban J connectivity index is 1.70. The Morgan fingerprint density at radius 2 is 2.10 bits per heavy atom. The highest BCUT2D eigenvalue weighted by atomic mass is 16.6. The summed E-state index contributed by atoms with van der Waals surface area (Å²) in [7, 11) is 2.00. The van der Waals surface area contributed by atoms with E-state index in [-0.39, 0.29) is 6.10 Å². The maximum atomic E-state index is 5.93. The second-order valence-corrected chi connectivity index (χ2v) is 4.87. The lowest BCUT2D eigenvalue weighted by Gasteiger charge is -2.24. The fourth-order valence-electron chi connectivity index (χ4n) is 2.32. The number of nitrogens with one attached hydrogen (secondary N) is 1. The molecule has 0 amide bonds. The fourth-order valence-corrected chi connectivity index (χ4v) is 2.32. The lowest BCUT2D eigenvalue weighted by molar-refractivity contribution is 0.0859. The second kappa shape index (κ2) is 4.26. The summed E-state index contributed by atoms with van der Waals surface area (Å²) in [6, 6.07) is 9.64. The number of para-hydroxylation sites is 2. The average molecular weight is 265 g/mol. The molecule has 1 aliphatic rings. The van der Waals surface area contributed by atoms with Gasteiger partial charge in [0, 0.05) is 6.20 Å². The Morgan fingerprint density at radius 1 is 1.25 bits per heavy atom. The number of rotatable bonds is 1. The number of benzene rings is 1. The minimum atomic E-state index is -0.237. The first kappa shape index (κ1) is 11.3. The van der Waals surface area contributed by atoms with Gasteiger partial charge in [0.1, 0.15) is 20.0 Å². The number of imidazole rings is 1. The summed E-state index contributed by atoms with van der Waals surface area (Å²) in [5.41, 5.74) is 2.71. The molecule has 20 heavy (non-hydrogen) atoms. The van der Waals surface area contributed by atoms with Gasteiger partial charge in [-0.1, -0.05) is 17.6 Å². The average Bonchev–Trinajstić information content (AvgIpc) is 2.89. The first-order chi connectivity index (χ1) is 9.79. The molecular formula is C14H12BN3O2. The third kappa shape index (κ3) is 1.81. The summed E-state index contributed by atoms with van der Waals surface area (Å²) in [6.45, 7) is 0.440. The molecule has 1 atom stereocenters. The van der Waals surface area contributed by atoms with Crippen molar-refractivity contribution < 1.29 is 9.47 Å². The van der Waals surface area contributed by atoms with E-state index < -0.39 is 0 Å². The van der Waals surface area contributed by atoms with E-state index in [1.165, 1.54) is 0 Å². The summed E-state index contributed by atoms with van der Waals surface area (Å²) in [5, 5.41) is 0. The molecule has 0 spiro atoms. The Kier molecular flexibility index (Phi) is 2.42. The van der Waals surface area contributed by atoms with E-state index in [1.54, 1.807) is 0 Å². The standard InChI is InChI=1S/C14H12BN3O2/c15-8-5-9-13(16-6-8)18-14(17-9)12-7-19-10-3-1-2-4-11(10)20-12/h1-6,12H,7,15H2,(H,16,17,18). The monoisotopic (exact) mass is 265 g/mol. The van der Waals surface area contributed by atoms with Crippen LogP contribution < -0.4 is 14.9 Å². The summed E-state index contributed by atoms with van der Waals surface area (Å²) in [5.74, 6) is 2.26. The first-order valence-corrected chi connectivity index (χ1v) is 6.50. The van der Waals surface area contributed by atoms with Crippen LogP contribution in [-0.4, -0.2) is 29.4 Å². The molecule has 98 valence electrons. The normalized spacial score (nSPS) is 17.3. The van der Waals surface area contributed by atoms with Gasteiger partial charge in [0.15, 0.2) is 29.1 Å². The summed E-state index contributed by atoms with van der Waals surface area (Å²) >= 11 is 0. The first-order valence-electron chi connectivity index (χ1n) is 6.50. The van der Waals surface area contributed by atoms with Gasteiger partial charge < -0.3 is 14.5 Å². The van der Waals surface area contributed by atoms with Gasteiger partial charge in [-0.15, -0.1) is 0 Å². The van der Waals surface area contributed by atoms with Gasteiger partial charge in [-0.25, -0.2) is 9.97 Å². The van der Waals surface area contributed by atoms with Crippen LogP contribution in [0.5, 0.6) is 11.5 Å². The van der Waals surface area contributed by atoms with Crippen LogP contribution in [0, 0.1) is 0 Å². The van der Waals surface area contributed by atoms with Crippen LogP contribution in [0.4, 0.5) is 0 Å². The quantitative estimate of drug-likeness (QED) is 0.659. The van der Waals surface area contributed by atoms with Gasteiger partial charge in [0.2, 0.25) is 0 Å². The van der Waals surface area contributed by atoms with Gasteiger partial charge in [-0.2, -0.15) is 0 Å². The highest BCUT2D eigenvalue weighted by Crippen LogP contribution is 2.35. The molecular weight excluding hydrogens is 253 g/mol. The van der Waals surface area contributed by atoms with Crippen molar-refractivity contribution in [3.8, 4) is 11.5 Å². The van der Waals surface area contributed by atoms with Crippen LogP contribution >= 0.6 is 0 Å². The molecule has 1 N–H and O–H groups in total. The zero-order chi connectivity index (χ0) is 13.5. The van der Waals surface area contributed by atoms with Crippen LogP contribution in [-0.2, 0) is 0 Å². The van der Waals surface area contributed by atoms with E-state index in [2.05, 4.69) is 15.0 Å². The van der Waals surface area contributed by atoms with Crippen LogP contribution in [0.2, 0.25) is 0 Å². The predicted octanol–water partition coefficient (Wildman–Crippen LogP) is 0.729. The van der Waals surface area contributed by atoms with Crippen molar-refractivity contribution in [3.05, 3.63) is 42.4 Å². The number of pyridine rings is 1. The van der Waals surface area contributed by atoms with Gasteiger partial charge in [-0.3, -0.25) is 0 Å². The topological polar surface area (TPSA) is 60.0 Å². The predicted molar refractivity (Wildman–Crippen MR) is 77.4 cm³/mol. The number of hydrogen-bond donors (Lipinski definition) is 1. The van der Waals surface area contributed by atoms with Crippen molar-refractivity contribution >= 4 is 24.5 Å². The van der Waals surface area contributed by atoms with Gasteiger partial charge in [-0.05, 0) is 18.2 Å². The number of ether oxygens (including phenoxy) is 2. The van der Waals surface area contributed by atoms with Gasteiger partial charge in [0.05, 0.1) is 0 Å². The molecule has 1 aromatic carbocycles. The number of aromatic amines is 1. The fraction of sp³-hybridized carbons (Fsp3) is 0.143. The maximum absolute atomic E-state index is 5.93. The zero-order valence-corrected chi connectivity index (χ0v) is 11.0. The molecule has 2 aromatic heterocycles. The van der Waals surface area contributed by atoms with E-state index >= 15 is 0 Å². The van der Waals surface area contributed by atoms with Crippen LogP contribution in [0.1, 0.15) is 11.9 Å². The van der Waals surface area contributed by atoms with E-state index in [4.69, 9.17) is 9.47 Å². The highest BCUT2D eigenvalue weighted by Gasteiger charge is 2.25. The number of hydrogen-bond acceptors (Lipinski definition) is 4. The minimum absolute atomic E-state index is 0.237. The number of H-pyrrole nitrogens is 1. The lowest BCUT2D eigenvalue weighted by atomic mass is 9.99. The Bertz CT molecular complexity index is 787. The van der Waals surface area contributed by atoms with Crippen molar-refractivity contribution in [2.75, 3.05) is 6.61 Å². The van der Waals surface area contributed by atoms with Crippen LogP contribution in [0.25, 0.3) is 11.2 Å². The summed E-state index contributed by atoms with van der Waals surface area (Å²) in [4.78, 5) is 12.1. The third-order valence-corrected chi connectivity index (χ3v) is 3.31. The van der Waals surface area contributed by atoms with Crippen LogP contribution in [0.3, 0.4) is 0 Å². The Morgan fingerprint density at radius 3 is 3.00 bits per heavy atom. The van der Waals surface area contributed by atoms with Gasteiger partial charge in [0.25, 0.3) is 0 Å². The molecule has 4 rings (SSSR count). The molecule has 3 heterocycles. The summed E-state index contributed by atoms with van der Waals surface area (Å²) in [6.07, 6.45) is 1.58. The largest absolute Gasteiger partial charge is 0.485 e. The maximum Gasteiger partial charge on any atom is 0.190 e. The molecule has 0 bridgehead atoms. The summed E-state index contributed by atoms with van der Waals surface area (Å²) < 4.78 is 11.6. The molecule has 0 saturated heterocycles.